The van der Waals surface area contributed by atoms with Crippen molar-refractivity contribution in [2.45, 2.75) is 26.7 Å². The molecule has 20 heavy (non-hydrogen) atoms. The Labute approximate surface area is 124 Å². The van der Waals surface area contributed by atoms with Crippen molar-refractivity contribution in [3.63, 3.8) is 0 Å². The Morgan fingerprint density at radius 3 is 2.65 bits per heavy atom. The molecule has 0 radical (unpaired) electrons. The Kier molecular flexibility index (Phi) is 5.31. The van der Waals surface area contributed by atoms with E-state index in [4.69, 9.17) is 0 Å². The maximum absolute atomic E-state index is 12.3. The summed E-state index contributed by atoms with van der Waals surface area (Å²) in [5.41, 5.74) is 0. The van der Waals surface area contributed by atoms with Crippen LogP contribution in [0.25, 0.3) is 0 Å². The zero-order valence-corrected chi connectivity index (χ0v) is 13.0. The van der Waals surface area contributed by atoms with Crippen LogP contribution in [0.3, 0.4) is 0 Å². The minimum atomic E-state index is 0.129. The number of amides is 1. The summed E-state index contributed by atoms with van der Waals surface area (Å²) in [6, 6.07) is 3.98. The predicted octanol–water partition coefficient (Wildman–Crippen LogP) is 2.05. The van der Waals surface area contributed by atoms with Crippen LogP contribution < -0.4 is 0 Å². The van der Waals surface area contributed by atoms with E-state index in [-0.39, 0.29) is 11.7 Å². The SMILES string of the molecule is CCc1ccc(C(=O)CN2CCCN(C(C)=O)CC2)s1. The molecule has 110 valence electrons. The minimum Gasteiger partial charge on any atom is -0.342 e. The molecule has 0 atom stereocenters. The number of hydrogen-bond donors (Lipinski definition) is 0. The van der Waals surface area contributed by atoms with Crippen LogP contribution in [0.2, 0.25) is 0 Å². The fraction of sp³-hybridized carbons (Fsp3) is 0.600. The van der Waals surface area contributed by atoms with Gasteiger partial charge in [0.25, 0.3) is 0 Å². The van der Waals surface area contributed by atoms with Crippen molar-refractivity contribution in [2.75, 3.05) is 32.7 Å². The second-order valence-electron chi connectivity index (χ2n) is 5.18. The number of Topliss-reactive ketones (excluding diaryl/α,β-unsaturated/α-hetero) is 1. The van der Waals surface area contributed by atoms with Crippen LogP contribution in [-0.4, -0.2) is 54.2 Å². The lowest BCUT2D eigenvalue weighted by Gasteiger charge is -2.20. The molecule has 2 heterocycles. The molecule has 5 heteroatoms. The van der Waals surface area contributed by atoms with Crippen LogP contribution in [0, 0.1) is 0 Å². The van der Waals surface area contributed by atoms with Gasteiger partial charge in [-0.1, -0.05) is 6.92 Å². The number of hydrogen-bond acceptors (Lipinski definition) is 4. The molecule has 1 aliphatic rings. The first-order valence-corrected chi connectivity index (χ1v) is 8.01. The summed E-state index contributed by atoms with van der Waals surface area (Å²) in [5, 5.41) is 0. The van der Waals surface area contributed by atoms with E-state index in [1.807, 2.05) is 17.0 Å². The van der Waals surface area contributed by atoms with Crippen LogP contribution in [-0.2, 0) is 11.2 Å². The molecule has 0 aliphatic carbocycles. The molecule has 1 amide bonds. The lowest BCUT2D eigenvalue weighted by molar-refractivity contribution is -0.128. The van der Waals surface area contributed by atoms with E-state index in [1.54, 1.807) is 18.3 Å². The fourth-order valence-electron chi connectivity index (χ4n) is 2.44. The third-order valence-electron chi connectivity index (χ3n) is 3.69. The summed E-state index contributed by atoms with van der Waals surface area (Å²) in [7, 11) is 0. The van der Waals surface area contributed by atoms with Gasteiger partial charge in [0.15, 0.2) is 5.78 Å². The van der Waals surface area contributed by atoms with Gasteiger partial charge in [-0.05, 0) is 25.0 Å². The number of carbonyl (C=O) groups excluding carboxylic acids is 2. The van der Waals surface area contributed by atoms with Gasteiger partial charge >= 0.3 is 0 Å². The number of rotatable bonds is 4. The highest BCUT2D eigenvalue weighted by Crippen LogP contribution is 2.18. The maximum Gasteiger partial charge on any atom is 0.219 e. The summed E-state index contributed by atoms with van der Waals surface area (Å²) in [6.07, 6.45) is 1.92. The number of nitrogens with zero attached hydrogens (tertiary/aromatic N) is 2. The molecule has 1 fully saturated rings. The van der Waals surface area contributed by atoms with E-state index < -0.39 is 0 Å². The van der Waals surface area contributed by atoms with Crippen molar-refractivity contribution in [3.05, 3.63) is 21.9 Å². The summed E-state index contributed by atoms with van der Waals surface area (Å²) >= 11 is 1.60. The molecule has 1 aromatic rings. The highest BCUT2D eigenvalue weighted by molar-refractivity contribution is 7.14. The van der Waals surface area contributed by atoms with Gasteiger partial charge in [-0.15, -0.1) is 11.3 Å². The van der Waals surface area contributed by atoms with Crippen molar-refractivity contribution >= 4 is 23.0 Å². The first kappa shape index (κ1) is 15.2. The van der Waals surface area contributed by atoms with Crippen molar-refractivity contribution in [2.24, 2.45) is 0 Å². The first-order valence-electron chi connectivity index (χ1n) is 7.20. The van der Waals surface area contributed by atoms with Crippen LogP contribution in [0.1, 0.15) is 34.8 Å². The summed E-state index contributed by atoms with van der Waals surface area (Å²) in [4.78, 5) is 29.8. The summed E-state index contributed by atoms with van der Waals surface area (Å²) in [5.74, 6) is 0.329. The molecule has 0 N–H and O–H groups in total. The average molecular weight is 294 g/mol. The molecular formula is C15H22N2O2S. The van der Waals surface area contributed by atoms with E-state index in [0.29, 0.717) is 6.54 Å². The number of thiophene rings is 1. The largest absolute Gasteiger partial charge is 0.342 e. The van der Waals surface area contributed by atoms with Crippen molar-refractivity contribution in [1.29, 1.82) is 0 Å². The van der Waals surface area contributed by atoms with Gasteiger partial charge in [0.1, 0.15) is 0 Å². The highest BCUT2D eigenvalue weighted by Gasteiger charge is 2.19. The summed E-state index contributed by atoms with van der Waals surface area (Å²) in [6.45, 7) is 7.39. The zero-order chi connectivity index (χ0) is 14.5. The average Bonchev–Trinajstić information content (AvgIpc) is 2.79. The lowest BCUT2D eigenvalue weighted by Crippen LogP contribution is -2.35. The molecule has 1 aliphatic heterocycles. The molecule has 1 aromatic heterocycles. The molecule has 1 saturated heterocycles. The van der Waals surface area contributed by atoms with Gasteiger partial charge in [0.2, 0.25) is 5.91 Å². The smallest absolute Gasteiger partial charge is 0.219 e. The third-order valence-corrected chi connectivity index (χ3v) is 4.96. The Balaban J connectivity index is 1.89. The van der Waals surface area contributed by atoms with Gasteiger partial charge in [-0.3, -0.25) is 14.5 Å². The second kappa shape index (κ2) is 6.99. The van der Waals surface area contributed by atoms with Gasteiger partial charge in [-0.2, -0.15) is 0 Å². The number of aryl methyl sites for hydroxylation is 1. The van der Waals surface area contributed by atoms with Crippen molar-refractivity contribution < 1.29 is 9.59 Å². The molecule has 0 spiro atoms. The van der Waals surface area contributed by atoms with Crippen molar-refractivity contribution in [3.8, 4) is 0 Å². The fourth-order valence-corrected chi connectivity index (χ4v) is 3.32. The quantitative estimate of drug-likeness (QED) is 0.798. The van der Waals surface area contributed by atoms with E-state index in [0.717, 1.165) is 43.9 Å². The Morgan fingerprint density at radius 2 is 2.00 bits per heavy atom. The Morgan fingerprint density at radius 1 is 1.20 bits per heavy atom. The molecule has 0 aromatic carbocycles. The second-order valence-corrected chi connectivity index (χ2v) is 6.35. The van der Waals surface area contributed by atoms with Gasteiger partial charge < -0.3 is 4.90 Å². The maximum atomic E-state index is 12.3. The summed E-state index contributed by atoms with van der Waals surface area (Å²) < 4.78 is 0. The van der Waals surface area contributed by atoms with Crippen LogP contribution in [0.5, 0.6) is 0 Å². The van der Waals surface area contributed by atoms with E-state index >= 15 is 0 Å². The normalized spacial score (nSPS) is 17.0. The predicted molar refractivity (Wildman–Crippen MR) is 81.3 cm³/mol. The Bertz CT molecular complexity index is 484. The molecule has 4 nitrogen and oxygen atoms in total. The van der Waals surface area contributed by atoms with Crippen LogP contribution >= 0.6 is 11.3 Å². The molecule has 0 bridgehead atoms. The third kappa shape index (κ3) is 3.90. The lowest BCUT2D eigenvalue weighted by atomic mass is 10.2. The molecule has 2 rings (SSSR count). The first-order chi connectivity index (χ1) is 9.60. The van der Waals surface area contributed by atoms with E-state index in [2.05, 4.69) is 11.8 Å². The van der Waals surface area contributed by atoms with Gasteiger partial charge in [-0.25, -0.2) is 0 Å². The standard InChI is InChI=1S/C15H22N2O2S/c1-3-13-5-6-15(20-13)14(19)11-16-7-4-8-17(10-9-16)12(2)18/h5-6H,3-4,7-11H2,1-2H3. The van der Waals surface area contributed by atoms with Gasteiger partial charge in [0.05, 0.1) is 11.4 Å². The van der Waals surface area contributed by atoms with Crippen molar-refractivity contribution in [1.82, 2.24) is 9.80 Å². The topological polar surface area (TPSA) is 40.6 Å². The zero-order valence-electron chi connectivity index (χ0n) is 12.2. The van der Waals surface area contributed by atoms with E-state index in [9.17, 15) is 9.59 Å². The molecular weight excluding hydrogens is 272 g/mol. The number of ketones is 1. The highest BCUT2D eigenvalue weighted by atomic mass is 32.1. The molecule has 0 saturated carbocycles. The minimum absolute atomic E-state index is 0.129. The Hall–Kier alpha value is -1.20. The van der Waals surface area contributed by atoms with Crippen LogP contribution in [0.15, 0.2) is 12.1 Å². The van der Waals surface area contributed by atoms with Gasteiger partial charge in [0, 0.05) is 38.0 Å². The number of carbonyl (C=O) groups is 2. The monoisotopic (exact) mass is 294 g/mol. The van der Waals surface area contributed by atoms with Crippen LogP contribution in [0.4, 0.5) is 0 Å². The van der Waals surface area contributed by atoms with E-state index in [1.165, 1.54) is 4.88 Å². The molecule has 0 unspecified atom stereocenters.